The molecule has 1 aliphatic rings. The van der Waals surface area contributed by atoms with Gasteiger partial charge < -0.3 is 30.5 Å². The van der Waals surface area contributed by atoms with Gasteiger partial charge in [0.1, 0.15) is 6.73 Å². The van der Waals surface area contributed by atoms with Crippen molar-refractivity contribution in [3.63, 3.8) is 0 Å². The van der Waals surface area contributed by atoms with Crippen LogP contribution in [0, 0.1) is 0 Å². The third-order valence-corrected chi connectivity index (χ3v) is 2.87. The van der Waals surface area contributed by atoms with Gasteiger partial charge in [-0.05, 0) is 6.42 Å². The molecule has 1 fully saturated rings. The molecule has 2 amide bonds. The second-order valence-electron chi connectivity index (χ2n) is 4.25. The second-order valence-corrected chi connectivity index (χ2v) is 4.25. The number of hydrogen-bond acceptors (Lipinski definition) is 7. The van der Waals surface area contributed by atoms with Gasteiger partial charge in [-0.25, -0.2) is 0 Å². The van der Waals surface area contributed by atoms with Crippen molar-refractivity contribution in [3.05, 3.63) is 0 Å². The number of rotatable bonds is 4. The number of aliphatic hydroxyl groups is 4. The third kappa shape index (κ3) is 3.19. The zero-order valence-corrected chi connectivity index (χ0v) is 10.5. The number of nitrogens with one attached hydrogen (secondary N) is 1. The van der Waals surface area contributed by atoms with E-state index in [1.54, 1.807) is 0 Å². The smallest absolute Gasteiger partial charge is 0.329 e. The van der Waals surface area contributed by atoms with Crippen molar-refractivity contribution in [1.29, 1.82) is 0 Å². The number of ether oxygens (including phenoxy) is 1. The summed E-state index contributed by atoms with van der Waals surface area (Å²) in [5.41, 5.74) is -2.48. The highest BCUT2D eigenvalue weighted by Gasteiger charge is 2.57. The minimum absolute atomic E-state index is 0.00549. The molecule has 0 aliphatic carbocycles. The average molecular weight is 278 g/mol. The fourth-order valence-corrected chi connectivity index (χ4v) is 1.82. The zero-order chi connectivity index (χ0) is 14.7. The maximum absolute atomic E-state index is 11.8. The summed E-state index contributed by atoms with van der Waals surface area (Å²) in [5.74, 6) is -4.34. The first-order valence-corrected chi connectivity index (χ1v) is 5.71. The van der Waals surface area contributed by atoms with Crippen LogP contribution in [0.5, 0.6) is 0 Å². The predicted octanol–water partition coefficient (Wildman–Crippen LogP) is -2.96. The van der Waals surface area contributed by atoms with Crippen molar-refractivity contribution in [2.45, 2.75) is 31.5 Å². The van der Waals surface area contributed by atoms with Crippen LogP contribution in [0.4, 0.5) is 0 Å². The van der Waals surface area contributed by atoms with Gasteiger partial charge in [0.05, 0.1) is 13.2 Å². The Kier molecular flexibility index (Phi) is 4.82. The largest absolute Gasteiger partial charge is 0.376 e. The van der Waals surface area contributed by atoms with Crippen molar-refractivity contribution < 1.29 is 34.8 Å². The fourth-order valence-electron chi connectivity index (χ4n) is 1.82. The van der Waals surface area contributed by atoms with E-state index in [1.165, 1.54) is 6.92 Å². The molecular formula is C10H18N2O7. The monoisotopic (exact) mass is 278 g/mol. The molecule has 1 saturated heterocycles. The molecular weight excluding hydrogens is 260 g/mol. The minimum Gasteiger partial charge on any atom is -0.376 e. The van der Waals surface area contributed by atoms with Crippen molar-refractivity contribution in [1.82, 2.24) is 10.2 Å². The van der Waals surface area contributed by atoms with E-state index in [-0.39, 0.29) is 19.4 Å². The summed E-state index contributed by atoms with van der Waals surface area (Å²) in [6, 6.07) is 0. The van der Waals surface area contributed by atoms with E-state index in [0.717, 1.165) is 0 Å². The highest BCUT2D eigenvalue weighted by Crippen LogP contribution is 2.34. The molecule has 9 nitrogen and oxygen atoms in total. The second kappa shape index (κ2) is 5.80. The number of carbonyl (C=O) groups is 2. The Morgan fingerprint density at radius 2 is 2.00 bits per heavy atom. The van der Waals surface area contributed by atoms with Crippen LogP contribution in [0.25, 0.3) is 0 Å². The molecule has 1 unspecified atom stereocenters. The summed E-state index contributed by atoms with van der Waals surface area (Å²) in [6.45, 7) is -0.263. The van der Waals surface area contributed by atoms with Crippen LogP contribution in [0.15, 0.2) is 0 Å². The molecule has 0 saturated carbocycles. The molecule has 1 heterocycles. The normalized spacial score (nSPS) is 25.7. The standard InChI is InChI=1S/C10H18N2O7/c1-7(14)11-5-8(15)12(6-13)9(16)3-2-4-19-10(9,17)18/h13,16-18H,2-6H2,1H3,(H,11,14). The lowest BCUT2D eigenvalue weighted by atomic mass is 10.00. The van der Waals surface area contributed by atoms with Gasteiger partial charge in [-0.3, -0.25) is 14.5 Å². The van der Waals surface area contributed by atoms with Crippen LogP contribution in [0.1, 0.15) is 19.8 Å². The van der Waals surface area contributed by atoms with Crippen molar-refractivity contribution in [2.75, 3.05) is 19.9 Å². The first-order chi connectivity index (χ1) is 8.74. The highest BCUT2D eigenvalue weighted by atomic mass is 16.8. The molecule has 1 aliphatic heterocycles. The summed E-state index contributed by atoms with van der Waals surface area (Å²) < 4.78 is 4.61. The van der Waals surface area contributed by atoms with Gasteiger partial charge >= 0.3 is 5.97 Å². The van der Waals surface area contributed by atoms with E-state index in [4.69, 9.17) is 5.11 Å². The third-order valence-electron chi connectivity index (χ3n) is 2.87. The van der Waals surface area contributed by atoms with E-state index in [0.29, 0.717) is 4.90 Å². The Morgan fingerprint density at radius 3 is 2.47 bits per heavy atom. The van der Waals surface area contributed by atoms with Crippen LogP contribution in [-0.4, -0.2) is 68.7 Å². The molecule has 19 heavy (non-hydrogen) atoms. The molecule has 110 valence electrons. The van der Waals surface area contributed by atoms with Crippen LogP contribution in [0.3, 0.4) is 0 Å². The van der Waals surface area contributed by atoms with Crippen LogP contribution < -0.4 is 5.32 Å². The van der Waals surface area contributed by atoms with Gasteiger partial charge in [-0.1, -0.05) is 0 Å². The van der Waals surface area contributed by atoms with Crippen LogP contribution in [0.2, 0.25) is 0 Å². The van der Waals surface area contributed by atoms with Gasteiger partial charge in [-0.2, -0.15) is 0 Å². The van der Waals surface area contributed by atoms with Gasteiger partial charge in [-0.15, -0.1) is 0 Å². The molecule has 1 rings (SSSR count). The number of amides is 2. The van der Waals surface area contributed by atoms with Gasteiger partial charge in [0.15, 0.2) is 0 Å². The first kappa shape index (κ1) is 15.8. The number of hydrogen-bond donors (Lipinski definition) is 5. The van der Waals surface area contributed by atoms with E-state index in [2.05, 4.69) is 10.1 Å². The Balaban J connectivity index is 2.87. The summed E-state index contributed by atoms with van der Waals surface area (Å²) >= 11 is 0. The van der Waals surface area contributed by atoms with Crippen LogP contribution >= 0.6 is 0 Å². The Hall–Kier alpha value is -1.26. The lowest BCUT2D eigenvalue weighted by Crippen LogP contribution is -2.69. The van der Waals surface area contributed by atoms with Gasteiger partial charge in [0.25, 0.3) is 0 Å². The Morgan fingerprint density at radius 1 is 1.37 bits per heavy atom. The molecule has 0 spiro atoms. The molecule has 9 heteroatoms. The van der Waals surface area contributed by atoms with Crippen molar-refractivity contribution in [3.8, 4) is 0 Å². The Bertz CT molecular complexity index is 360. The topological polar surface area (TPSA) is 140 Å². The summed E-state index contributed by atoms with van der Waals surface area (Å²) in [5, 5.41) is 40.8. The highest BCUT2D eigenvalue weighted by molar-refractivity contribution is 5.84. The number of aliphatic hydroxyl groups excluding tert-OH is 1. The van der Waals surface area contributed by atoms with Crippen molar-refractivity contribution in [2.24, 2.45) is 0 Å². The Labute approximate surface area is 109 Å². The average Bonchev–Trinajstić information content (AvgIpc) is 2.31. The van der Waals surface area contributed by atoms with E-state index in [1.807, 2.05) is 0 Å². The van der Waals surface area contributed by atoms with Gasteiger partial charge in [0.2, 0.25) is 17.5 Å². The predicted molar refractivity (Wildman–Crippen MR) is 59.9 cm³/mol. The number of nitrogens with zero attached hydrogens (tertiary/aromatic N) is 1. The summed E-state index contributed by atoms with van der Waals surface area (Å²) in [6.07, 6.45) is 0.0790. The van der Waals surface area contributed by atoms with Crippen LogP contribution in [-0.2, 0) is 14.3 Å². The maximum atomic E-state index is 11.8. The fraction of sp³-hybridized carbons (Fsp3) is 0.800. The SMILES string of the molecule is CC(=O)NCC(=O)N(CO)C1(O)CCCOC1(O)O. The molecule has 0 aromatic carbocycles. The quantitative estimate of drug-likeness (QED) is 0.346. The lowest BCUT2D eigenvalue weighted by molar-refractivity contribution is -0.452. The summed E-state index contributed by atoms with van der Waals surface area (Å²) in [7, 11) is 0. The van der Waals surface area contributed by atoms with E-state index in [9.17, 15) is 24.9 Å². The van der Waals surface area contributed by atoms with E-state index >= 15 is 0 Å². The molecule has 1 atom stereocenters. The van der Waals surface area contributed by atoms with Crippen molar-refractivity contribution >= 4 is 11.8 Å². The maximum Gasteiger partial charge on any atom is 0.329 e. The zero-order valence-electron chi connectivity index (χ0n) is 10.5. The lowest BCUT2D eigenvalue weighted by Gasteiger charge is -2.47. The molecule has 0 aromatic rings. The number of carbonyl (C=O) groups excluding carboxylic acids is 2. The summed E-state index contributed by atoms with van der Waals surface area (Å²) in [4.78, 5) is 22.9. The van der Waals surface area contributed by atoms with E-state index < -0.39 is 36.8 Å². The molecule has 0 bridgehead atoms. The first-order valence-electron chi connectivity index (χ1n) is 5.71. The molecule has 0 aromatic heterocycles. The molecule has 0 radical (unpaired) electrons. The van der Waals surface area contributed by atoms with Gasteiger partial charge in [0, 0.05) is 13.3 Å². The minimum atomic E-state index is -2.99. The molecule has 5 N–H and O–H groups in total.